The van der Waals surface area contributed by atoms with Gasteiger partial charge in [0.2, 0.25) is 0 Å². The molecule has 5 nitrogen and oxygen atoms in total. The Morgan fingerprint density at radius 1 is 1.20 bits per heavy atom. The van der Waals surface area contributed by atoms with Crippen LogP contribution in [-0.4, -0.2) is 24.0 Å². The Kier molecular flexibility index (Phi) is 4.55. The molecule has 0 radical (unpaired) electrons. The Morgan fingerprint density at radius 3 is 2.65 bits per heavy atom. The van der Waals surface area contributed by atoms with Crippen LogP contribution in [0, 0.1) is 6.92 Å². The van der Waals surface area contributed by atoms with E-state index in [1.807, 2.05) is 30.3 Å². The Bertz CT molecular complexity index is 635. The van der Waals surface area contributed by atoms with Gasteiger partial charge < -0.3 is 15.0 Å². The van der Waals surface area contributed by atoms with E-state index >= 15 is 0 Å². The highest BCUT2D eigenvalue weighted by Crippen LogP contribution is 2.07. The van der Waals surface area contributed by atoms with E-state index in [0.717, 1.165) is 11.4 Å². The van der Waals surface area contributed by atoms with Crippen LogP contribution in [0.1, 0.15) is 16.1 Å². The molecule has 0 unspecified atom stereocenters. The molecule has 0 saturated carbocycles. The minimum atomic E-state index is -0.400. The highest BCUT2D eigenvalue weighted by Gasteiger charge is 2.09. The highest BCUT2D eigenvalue weighted by atomic mass is 16.5. The molecule has 2 rings (SSSR count). The van der Waals surface area contributed by atoms with E-state index in [1.54, 1.807) is 13.0 Å². The minimum absolute atomic E-state index is 0.107. The third-order valence-corrected chi connectivity index (χ3v) is 2.70. The van der Waals surface area contributed by atoms with Gasteiger partial charge in [0.05, 0.1) is 6.54 Å². The molecular weight excluding hydrogens is 256 g/mol. The van der Waals surface area contributed by atoms with E-state index in [4.69, 9.17) is 4.74 Å². The van der Waals surface area contributed by atoms with Crippen molar-refractivity contribution >= 4 is 5.91 Å². The number of amides is 1. The number of ether oxygens (including phenoxy) is 1. The number of para-hydroxylation sites is 1. The van der Waals surface area contributed by atoms with Crippen molar-refractivity contribution in [3.8, 4) is 5.75 Å². The number of aromatic amines is 1. The second-order valence-corrected chi connectivity index (χ2v) is 4.30. The summed E-state index contributed by atoms with van der Waals surface area (Å²) in [5, 5.41) is 2.65. The van der Waals surface area contributed by atoms with E-state index in [1.165, 1.54) is 6.07 Å². The fourth-order valence-corrected chi connectivity index (χ4v) is 1.70. The number of nitrogens with one attached hydrogen (secondary N) is 2. The predicted octanol–water partition coefficient (Wildman–Crippen LogP) is 1.49. The summed E-state index contributed by atoms with van der Waals surface area (Å²) >= 11 is 0. The van der Waals surface area contributed by atoms with Gasteiger partial charge in [-0.05, 0) is 31.2 Å². The maximum absolute atomic E-state index is 11.8. The van der Waals surface area contributed by atoms with Gasteiger partial charge in [-0.3, -0.25) is 9.59 Å². The molecule has 1 heterocycles. The van der Waals surface area contributed by atoms with Crippen LogP contribution in [0.5, 0.6) is 5.75 Å². The summed E-state index contributed by atoms with van der Waals surface area (Å²) in [7, 11) is 0. The number of pyridine rings is 1. The fraction of sp³-hybridized carbons (Fsp3) is 0.200. The third-order valence-electron chi connectivity index (χ3n) is 2.70. The second-order valence-electron chi connectivity index (χ2n) is 4.30. The maximum Gasteiger partial charge on any atom is 0.260 e. The first kappa shape index (κ1) is 13.9. The van der Waals surface area contributed by atoms with Crippen molar-refractivity contribution in [2.45, 2.75) is 6.92 Å². The molecule has 0 aliphatic carbocycles. The summed E-state index contributed by atoms with van der Waals surface area (Å²) in [6.07, 6.45) is 0. The molecule has 104 valence electrons. The molecule has 20 heavy (non-hydrogen) atoms. The summed E-state index contributed by atoms with van der Waals surface area (Å²) in [6.45, 7) is 2.44. The normalized spacial score (nSPS) is 10.1. The van der Waals surface area contributed by atoms with Gasteiger partial charge in [0.1, 0.15) is 17.9 Å². The Labute approximate surface area is 116 Å². The minimum Gasteiger partial charge on any atom is -0.492 e. The largest absolute Gasteiger partial charge is 0.492 e. The zero-order valence-corrected chi connectivity index (χ0v) is 11.2. The van der Waals surface area contributed by atoms with E-state index in [0.29, 0.717) is 13.2 Å². The van der Waals surface area contributed by atoms with Gasteiger partial charge in [-0.25, -0.2) is 0 Å². The van der Waals surface area contributed by atoms with Crippen LogP contribution in [0.25, 0.3) is 0 Å². The van der Waals surface area contributed by atoms with E-state index < -0.39 is 5.91 Å². The number of aromatic nitrogens is 1. The molecule has 0 atom stereocenters. The van der Waals surface area contributed by atoms with Crippen molar-refractivity contribution in [3.63, 3.8) is 0 Å². The molecule has 0 aliphatic heterocycles. The lowest BCUT2D eigenvalue weighted by Gasteiger charge is -2.07. The van der Waals surface area contributed by atoms with Crippen LogP contribution in [0.4, 0.5) is 0 Å². The molecule has 2 N–H and O–H groups in total. The lowest BCUT2D eigenvalue weighted by Crippen LogP contribution is -2.32. The Morgan fingerprint density at radius 2 is 1.95 bits per heavy atom. The molecule has 1 aromatic carbocycles. The summed E-state index contributed by atoms with van der Waals surface area (Å²) in [5.41, 5.74) is 0.445. The third kappa shape index (κ3) is 3.71. The van der Waals surface area contributed by atoms with Crippen molar-refractivity contribution in [2.75, 3.05) is 13.2 Å². The number of carbonyl (C=O) groups is 1. The molecule has 0 saturated heterocycles. The summed E-state index contributed by atoms with van der Waals surface area (Å²) in [5.74, 6) is 0.345. The van der Waals surface area contributed by atoms with Gasteiger partial charge >= 0.3 is 0 Å². The quantitative estimate of drug-likeness (QED) is 0.810. The monoisotopic (exact) mass is 272 g/mol. The average Bonchev–Trinajstić information content (AvgIpc) is 2.44. The van der Waals surface area contributed by atoms with Crippen molar-refractivity contribution < 1.29 is 9.53 Å². The van der Waals surface area contributed by atoms with Gasteiger partial charge in [-0.1, -0.05) is 18.2 Å². The Hall–Kier alpha value is -2.56. The first-order chi connectivity index (χ1) is 9.66. The fourth-order valence-electron chi connectivity index (χ4n) is 1.70. The topological polar surface area (TPSA) is 71.2 Å². The van der Waals surface area contributed by atoms with Gasteiger partial charge in [-0.15, -0.1) is 0 Å². The van der Waals surface area contributed by atoms with Crippen LogP contribution in [0.3, 0.4) is 0 Å². The molecule has 5 heteroatoms. The number of H-pyrrole nitrogens is 1. The number of carbonyl (C=O) groups excluding carboxylic acids is 1. The number of aryl methyl sites for hydroxylation is 1. The molecule has 1 aromatic heterocycles. The maximum atomic E-state index is 11.8. The first-order valence-corrected chi connectivity index (χ1v) is 6.33. The van der Waals surface area contributed by atoms with Crippen LogP contribution in [0.2, 0.25) is 0 Å². The molecule has 0 fully saturated rings. The number of benzene rings is 1. The molecule has 0 aliphatic rings. The molecule has 1 amide bonds. The summed E-state index contributed by atoms with van der Waals surface area (Å²) in [6, 6.07) is 12.5. The number of hydrogen-bond donors (Lipinski definition) is 2. The number of hydrogen-bond acceptors (Lipinski definition) is 3. The molecular formula is C15H16N2O3. The van der Waals surface area contributed by atoms with Gasteiger partial charge in [-0.2, -0.15) is 0 Å². The summed E-state index contributed by atoms with van der Waals surface area (Å²) < 4.78 is 5.44. The van der Waals surface area contributed by atoms with Gasteiger partial charge in [0.25, 0.3) is 11.5 Å². The van der Waals surface area contributed by atoms with Crippen molar-refractivity contribution in [1.82, 2.24) is 10.3 Å². The predicted molar refractivity (Wildman–Crippen MR) is 76.1 cm³/mol. The Balaban J connectivity index is 1.82. The van der Waals surface area contributed by atoms with Gasteiger partial charge in [0.15, 0.2) is 0 Å². The van der Waals surface area contributed by atoms with E-state index in [2.05, 4.69) is 10.3 Å². The van der Waals surface area contributed by atoms with E-state index in [-0.39, 0.29) is 11.1 Å². The second kappa shape index (κ2) is 6.56. The smallest absolute Gasteiger partial charge is 0.260 e. The zero-order chi connectivity index (χ0) is 14.4. The SMILES string of the molecule is Cc1ccc(C(=O)NCCOc2ccccc2)c(=O)[nH]1. The van der Waals surface area contributed by atoms with Crippen LogP contribution < -0.4 is 15.6 Å². The highest BCUT2D eigenvalue weighted by molar-refractivity contribution is 5.93. The van der Waals surface area contributed by atoms with E-state index in [9.17, 15) is 9.59 Å². The molecule has 0 spiro atoms. The zero-order valence-electron chi connectivity index (χ0n) is 11.2. The van der Waals surface area contributed by atoms with Gasteiger partial charge in [0, 0.05) is 5.69 Å². The van der Waals surface area contributed by atoms with Crippen molar-refractivity contribution in [2.24, 2.45) is 0 Å². The van der Waals surface area contributed by atoms with Crippen LogP contribution in [0.15, 0.2) is 47.3 Å². The lowest BCUT2D eigenvalue weighted by molar-refractivity contribution is 0.0945. The van der Waals surface area contributed by atoms with Crippen molar-refractivity contribution in [3.05, 3.63) is 64.1 Å². The molecule has 0 bridgehead atoms. The first-order valence-electron chi connectivity index (χ1n) is 6.33. The average molecular weight is 272 g/mol. The lowest BCUT2D eigenvalue weighted by atomic mass is 10.2. The van der Waals surface area contributed by atoms with Crippen molar-refractivity contribution in [1.29, 1.82) is 0 Å². The summed E-state index contributed by atoms with van der Waals surface area (Å²) in [4.78, 5) is 26.0. The van der Waals surface area contributed by atoms with Crippen LogP contribution >= 0.6 is 0 Å². The number of rotatable bonds is 5. The van der Waals surface area contributed by atoms with Crippen LogP contribution in [-0.2, 0) is 0 Å². The standard InChI is InChI=1S/C15H16N2O3/c1-11-7-8-13(15(19)17-11)14(18)16-9-10-20-12-5-3-2-4-6-12/h2-8H,9-10H2,1H3,(H,16,18)(H,17,19). The molecule has 2 aromatic rings.